The molecule has 1 aliphatic heterocycles. The van der Waals surface area contributed by atoms with Crippen molar-refractivity contribution < 1.29 is 8.78 Å². The Balaban J connectivity index is 1.76. The zero-order valence-corrected chi connectivity index (χ0v) is 14.7. The molecule has 0 bridgehead atoms. The molecule has 0 spiro atoms. The molecule has 1 atom stereocenters. The van der Waals surface area contributed by atoms with E-state index in [1.807, 2.05) is 28.8 Å². The molecule has 0 saturated carbocycles. The summed E-state index contributed by atoms with van der Waals surface area (Å²) in [4.78, 5) is 17.6. The van der Waals surface area contributed by atoms with E-state index in [9.17, 15) is 13.6 Å². The Bertz CT molecular complexity index is 1070. The summed E-state index contributed by atoms with van der Waals surface area (Å²) < 4.78 is 29.8. The second-order valence-corrected chi connectivity index (χ2v) is 6.99. The first kappa shape index (κ1) is 17.1. The maximum atomic E-state index is 13.9. The molecule has 1 fully saturated rings. The Morgan fingerprint density at radius 2 is 2.08 bits per heavy atom. The maximum Gasteiger partial charge on any atom is 0.276 e. The first-order valence-corrected chi connectivity index (χ1v) is 8.85. The minimum Gasteiger partial charge on any atom is -0.355 e. The zero-order valence-electron chi connectivity index (χ0n) is 13.9. The van der Waals surface area contributed by atoms with Gasteiger partial charge in [0, 0.05) is 31.6 Å². The number of piperidine rings is 1. The minimum atomic E-state index is -2.66. The summed E-state index contributed by atoms with van der Waals surface area (Å²) in [6.45, 7) is 0.677. The Morgan fingerprint density at radius 3 is 2.88 bits per heavy atom. The zero-order chi connectivity index (χ0) is 18.3. The second-order valence-electron chi connectivity index (χ2n) is 6.60. The van der Waals surface area contributed by atoms with E-state index < -0.39 is 12.0 Å². The standard InChI is InChI=1S/C18H18F2N4OS/c19-18(20)6-8-21-13(9-18)12-4-2-1-3-11(12)10-24-14-5-7-22-15(14)16(25)23-17(24)26/h1-5,7,13,21-22H,6,8-10H2,(H,23,25,26)/t13-/m1/s1. The van der Waals surface area contributed by atoms with Crippen LogP contribution in [0.25, 0.3) is 11.0 Å². The molecule has 0 radical (unpaired) electrons. The molecule has 3 N–H and O–H groups in total. The summed E-state index contributed by atoms with van der Waals surface area (Å²) in [7, 11) is 0. The van der Waals surface area contributed by atoms with Crippen LogP contribution >= 0.6 is 12.2 Å². The number of fused-ring (bicyclic) bond motifs is 1. The number of alkyl halides is 2. The lowest BCUT2D eigenvalue weighted by molar-refractivity contribution is -0.0416. The highest BCUT2D eigenvalue weighted by molar-refractivity contribution is 7.71. The Hall–Kier alpha value is -2.32. The SMILES string of the molecule is O=c1[nH]c(=S)n(Cc2ccccc2[C@H]2CC(F)(F)CCN2)c2cc[nH]c12. The summed E-state index contributed by atoms with van der Waals surface area (Å²) in [6, 6.07) is 8.89. The highest BCUT2D eigenvalue weighted by Gasteiger charge is 2.37. The topological polar surface area (TPSA) is 65.6 Å². The van der Waals surface area contributed by atoms with E-state index in [0.717, 1.165) is 11.1 Å². The van der Waals surface area contributed by atoms with Crippen molar-refractivity contribution >= 4 is 23.3 Å². The molecule has 1 aliphatic rings. The van der Waals surface area contributed by atoms with Gasteiger partial charge >= 0.3 is 0 Å². The van der Waals surface area contributed by atoms with Crippen LogP contribution in [0, 0.1) is 4.77 Å². The number of halogens is 2. The van der Waals surface area contributed by atoms with Gasteiger partial charge in [-0.25, -0.2) is 8.78 Å². The van der Waals surface area contributed by atoms with Crippen molar-refractivity contribution in [2.75, 3.05) is 6.54 Å². The molecule has 1 aromatic carbocycles. The lowest BCUT2D eigenvalue weighted by Crippen LogP contribution is -2.38. The number of nitrogens with zero attached hydrogens (tertiary/aromatic N) is 1. The van der Waals surface area contributed by atoms with Crippen LogP contribution in [0.1, 0.15) is 30.0 Å². The number of nitrogens with one attached hydrogen (secondary N) is 3. The van der Waals surface area contributed by atoms with Gasteiger partial charge in [-0.3, -0.25) is 9.78 Å². The molecule has 3 heterocycles. The molecular weight excluding hydrogens is 358 g/mol. The lowest BCUT2D eigenvalue weighted by Gasteiger charge is -2.31. The molecular formula is C18H18F2N4OS. The minimum absolute atomic E-state index is 0.138. The average Bonchev–Trinajstić information content (AvgIpc) is 3.08. The van der Waals surface area contributed by atoms with Gasteiger partial charge in [-0.15, -0.1) is 0 Å². The summed E-state index contributed by atoms with van der Waals surface area (Å²) in [5.74, 6) is -2.66. The van der Waals surface area contributed by atoms with Crippen molar-refractivity contribution in [2.45, 2.75) is 31.4 Å². The number of benzene rings is 1. The van der Waals surface area contributed by atoms with Crippen LogP contribution in [0.3, 0.4) is 0 Å². The van der Waals surface area contributed by atoms with Gasteiger partial charge in [-0.2, -0.15) is 0 Å². The third-order valence-corrected chi connectivity index (χ3v) is 5.17. The molecule has 8 heteroatoms. The van der Waals surface area contributed by atoms with Gasteiger partial charge in [-0.05, 0) is 29.4 Å². The van der Waals surface area contributed by atoms with E-state index >= 15 is 0 Å². The van der Waals surface area contributed by atoms with Crippen molar-refractivity contribution in [3.05, 3.63) is 62.8 Å². The Morgan fingerprint density at radius 1 is 1.27 bits per heavy atom. The first-order chi connectivity index (χ1) is 12.4. The van der Waals surface area contributed by atoms with Crippen LogP contribution in [-0.2, 0) is 6.54 Å². The molecule has 5 nitrogen and oxygen atoms in total. The van der Waals surface area contributed by atoms with E-state index in [1.54, 1.807) is 12.3 Å². The molecule has 0 unspecified atom stereocenters. The molecule has 136 valence electrons. The number of aromatic amines is 2. The van der Waals surface area contributed by atoms with Gasteiger partial charge in [-0.1, -0.05) is 24.3 Å². The number of rotatable bonds is 3. The van der Waals surface area contributed by atoms with E-state index in [1.165, 1.54) is 0 Å². The monoisotopic (exact) mass is 376 g/mol. The maximum absolute atomic E-state index is 13.9. The van der Waals surface area contributed by atoms with Crippen LogP contribution in [0.15, 0.2) is 41.3 Å². The van der Waals surface area contributed by atoms with Crippen molar-refractivity contribution in [1.82, 2.24) is 19.9 Å². The van der Waals surface area contributed by atoms with Crippen LogP contribution in [-0.4, -0.2) is 27.0 Å². The summed E-state index contributed by atoms with van der Waals surface area (Å²) >= 11 is 5.33. The van der Waals surface area contributed by atoms with E-state index in [0.29, 0.717) is 22.3 Å². The summed E-state index contributed by atoms with van der Waals surface area (Å²) in [6.07, 6.45) is 1.32. The molecule has 26 heavy (non-hydrogen) atoms. The fourth-order valence-electron chi connectivity index (χ4n) is 3.57. The predicted octanol–water partition coefficient (Wildman–Crippen LogP) is 3.50. The first-order valence-electron chi connectivity index (χ1n) is 8.44. The smallest absolute Gasteiger partial charge is 0.276 e. The molecule has 0 aliphatic carbocycles. The highest BCUT2D eigenvalue weighted by atomic mass is 32.1. The third kappa shape index (κ3) is 3.10. The van der Waals surface area contributed by atoms with Crippen molar-refractivity contribution in [1.29, 1.82) is 0 Å². The molecule has 2 aromatic heterocycles. The summed E-state index contributed by atoms with van der Waals surface area (Å²) in [5, 5.41) is 3.19. The van der Waals surface area contributed by atoms with Gasteiger partial charge < -0.3 is 14.9 Å². The predicted molar refractivity (Wildman–Crippen MR) is 98.2 cm³/mol. The molecule has 0 amide bonds. The quantitative estimate of drug-likeness (QED) is 0.613. The number of aromatic nitrogens is 3. The van der Waals surface area contributed by atoms with Crippen LogP contribution in [0.2, 0.25) is 0 Å². The van der Waals surface area contributed by atoms with Crippen molar-refractivity contribution in [2.24, 2.45) is 0 Å². The second kappa shape index (κ2) is 6.44. The fourth-order valence-corrected chi connectivity index (χ4v) is 3.83. The van der Waals surface area contributed by atoms with Crippen molar-refractivity contribution in [3.63, 3.8) is 0 Å². The third-order valence-electron chi connectivity index (χ3n) is 4.85. The van der Waals surface area contributed by atoms with E-state index in [-0.39, 0.29) is 24.9 Å². The van der Waals surface area contributed by atoms with Gasteiger partial charge in [0.1, 0.15) is 5.52 Å². The number of hydrogen-bond donors (Lipinski definition) is 3. The fraction of sp³-hybridized carbons (Fsp3) is 0.333. The van der Waals surface area contributed by atoms with E-state index in [4.69, 9.17) is 12.2 Å². The number of H-pyrrole nitrogens is 2. The highest BCUT2D eigenvalue weighted by Crippen LogP contribution is 2.35. The van der Waals surface area contributed by atoms with Crippen molar-refractivity contribution in [3.8, 4) is 0 Å². The van der Waals surface area contributed by atoms with Gasteiger partial charge in [0.2, 0.25) is 0 Å². The van der Waals surface area contributed by atoms with E-state index in [2.05, 4.69) is 15.3 Å². The average molecular weight is 376 g/mol. The molecule has 4 rings (SSSR count). The molecule has 1 saturated heterocycles. The van der Waals surface area contributed by atoms with Gasteiger partial charge in [0.05, 0.1) is 12.1 Å². The molecule has 3 aromatic rings. The number of hydrogen-bond acceptors (Lipinski definition) is 3. The van der Waals surface area contributed by atoms with Gasteiger partial charge in [0.15, 0.2) is 4.77 Å². The van der Waals surface area contributed by atoms with Gasteiger partial charge in [0.25, 0.3) is 11.5 Å². The lowest BCUT2D eigenvalue weighted by atomic mass is 9.91. The van der Waals surface area contributed by atoms with Crippen LogP contribution in [0.4, 0.5) is 8.78 Å². The van der Waals surface area contributed by atoms with Crippen LogP contribution in [0.5, 0.6) is 0 Å². The largest absolute Gasteiger partial charge is 0.355 e. The normalized spacial score (nSPS) is 19.7. The Labute approximate surface area is 153 Å². The van der Waals surface area contributed by atoms with Crippen LogP contribution < -0.4 is 10.9 Å². The summed E-state index contributed by atoms with van der Waals surface area (Å²) in [5.41, 5.74) is 2.60. The Kier molecular flexibility index (Phi) is 4.24.